The fourth-order valence-electron chi connectivity index (χ4n) is 3.46. The third-order valence-corrected chi connectivity index (χ3v) is 7.09. The van der Waals surface area contributed by atoms with Gasteiger partial charge in [-0.2, -0.15) is 0 Å². The fourth-order valence-corrected chi connectivity index (χ4v) is 5.30. The van der Waals surface area contributed by atoms with Crippen LogP contribution in [-0.2, 0) is 21.2 Å². The summed E-state index contributed by atoms with van der Waals surface area (Å²) in [4.78, 5) is 12.5. The van der Waals surface area contributed by atoms with Gasteiger partial charge >= 0.3 is 6.09 Å². The topological polar surface area (TPSA) is 72.5 Å². The smallest absolute Gasteiger partial charge is 0.408 e. The van der Waals surface area contributed by atoms with Gasteiger partial charge in [0.05, 0.1) is 4.90 Å². The first kappa shape index (κ1) is 19.4. The molecular weight excluding hydrogens is 362 g/mol. The minimum absolute atomic E-state index is 0.0967. The van der Waals surface area contributed by atoms with E-state index in [1.165, 1.54) is 0 Å². The molecule has 1 fully saturated rings. The van der Waals surface area contributed by atoms with Gasteiger partial charge in [0, 0.05) is 0 Å². The van der Waals surface area contributed by atoms with Crippen molar-refractivity contribution in [1.29, 1.82) is 0 Å². The average Bonchev–Trinajstić information content (AvgIpc) is 3.20. The van der Waals surface area contributed by atoms with Crippen LogP contribution in [0.25, 0.3) is 0 Å². The van der Waals surface area contributed by atoms with Crippen molar-refractivity contribution in [3.05, 3.63) is 65.7 Å². The maximum absolute atomic E-state index is 13.2. The molecule has 2 aromatic carbocycles. The van der Waals surface area contributed by atoms with Crippen molar-refractivity contribution in [3.63, 3.8) is 0 Å². The Morgan fingerprint density at radius 2 is 1.70 bits per heavy atom. The Balaban J connectivity index is 1.75. The van der Waals surface area contributed by atoms with E-state index in [-0.39, 0.29) is 17.4 Å². The summed E-state index contributed by atoms with van der Waals surface area (Å²) in [6, 6.07) is 16.1. The van der Waals surface area contributed by atoms with E-state index in [9.17, 15) is 13.2 Å². The van der Waals surface area contributed by atoms with Crippen LogP contribution in [0.15, 0.2) is 59.5 Å². The summed E-state index contributed by atoms with van der Waals surface area (Å²) < 4.78 is 31.6. The molecule has 2 aromatic rings. The molecule has 1 unspecified atom stereocenters. The lowest BCUT2D eigenvalue weighted by Crippen LogP contribution is -2.45. The molecule has 0 radical (unpaired) electrons. The lowest BCUT2D eigenvalue weighted by Gasteiger charge is -2.24. The second-order valence-electron chi connectivity index (χ2n) is 7.03. The van der Waals surface area contributed by atoms with Crippen LogP contribution in [0.5, 0.6) is 0 Å². The van der Waals surface area contributed by atoms with Crippen LogP contribution in [0.1, 0.15) is 36.8 Å². The number of ether oxygens (including phenoxy) is 1. The van der Waals surface area contributed by atoms with E-state index in [0.717, 1.165) is 36.8 Å². The Hall–Kier alpha value is -2.34. The highest BCUT2D eigenvalue weighted by Gasteiger charge is 2.37. The van der Waals surface area contributed by atoms with Gasteiger partial charge in [-0.3, -0.25) is 0 Å². The van der Waals surface area contributed by atoms with E-state index >= 15 is 0 Å². The van der Waals surface area contributed by atoms with E-state index in [0.29, 0.717) is 0 Å². The second kappa shape index (κ2) is 8.57. The summed E-state index contributed by atoms with van der Waals surface area (Å²) >= 11 is 0. The summed E-state index contributed by atoms with van der Waals surface area (Å²) in [5.41, 5.74) is 1.84. The van der Waals surface area contributed by atoms with Gasteiger partial charge in [-0.15, -0.1) is 0 Å². The van der Waals surface area contributed by atoms with Crippen molar-refractivity contribution < 1.29 is 17.9 Å². The molecule has 1 saturated carbocycles. The number of carbonyl (C=O) groups excluding carboxylic acids is 1. The molecular formula is C21H25NO4S. The Morgan fingerprint density at radius 3 is 2.33 bits per heavy atom. The number of hydrogen-bond donors (Lipinski definition) is 1. The van der Waals surface area contributed by atoms with Gasteiger partial charge in [0.15, 0.2) is 9.84 Å². The number of nitrogens with one attached hydrogen (secondary N) is 1. The molecule has 1 N–H and O–H groups in total. The van der Waals surface area contributed by atoms with Gasteiger partial charge in [-0.05, 0) is 43.4 Å². The van der Waals surface area contributed by atoms with Gasteiger partial charge in [-0.1, -0.05) is 60.9 Å². The Labute approximate surface area is 160 Å². The minimum atomic E-state index is -3.69. The first-order chi connectivity index (χ1) is 13.0. The molecule has 5 nitrogen and oxygen atoms in total. The normalized spacial score (nSPS) is 16.0. The van der Waals surface area contributed by atoms with Gasteiger partial charge in [0.2, 0.25) is 0 Å². The van der Waals surface area contributed by atoms with E-state index in [2.05, 4.69) is 5.32 Å². The average molecular weight is 388 g/mol. The lowest BCUT2D eigenvalue weighted by molar-refractivity contribution is 0.136. The molecule has 27 heavy (non-hydrogen) atoms. The van der Waals surface area contributed by atoms with Crippen LogP contribution in [0.2, 0.25) is 0 Å². The fraction of sp³-hybridized carbons (Fsp3) is 0.381. The zero-order valence-electron chi connectivity index (χ0n) is 15.4. The standard InChI is InChI=1S/C21H25NO4S/c1-16-11-13-19(14-12-16)27(24,25)20(18-9-5-6-10-18)22-21(23)26-15-17-7-3-2-4-8-17/h2-4,7-8,11-14,18,20H,5-6,9-10,15H2,1H3,(H,22,23). The molecule has 1 amide bonds. The van der Waals surface area contributed by atoms with Crippen LogP contribution in [-0.4, -0.2) is 19.9 Å². The maximum Gasteiger partial charge on any atom is 0.408 e. The van der Waals surface area contributed by atoms with Crippen LogP contribution in [0.3, 0.4) is 0 Å². The number of alkyl carbamates (subject to hydrolysis) is 1. The first-order valence-corrected chi connectivity index (χ1v) is 10.8. The molecule has 1 aliphatic rings. The molecule has 144 valence electrons. The summed E-state index contributed by atoms with van der Waals surface area (Å²) in [6.07, 6.45) is 2.83. The van der Waals surface area contributed by atoms with Crippen LogP contribution < -0.4 is 5.32 Å². The van der Waals surface area contributed by atoms with E-state index in [1.54, 1.807) is 24.3 Å². The van der Waals surface area contributed by atoms with Crippen LogP contribution in [0, 0.1) is 12.8 Å². The predicted molar refractivity (Wildman–Crippen MR) is 104 cm³/mol. The number of amides is 1. The SMILES string of the molecule is Cc1ccc(S(=O)(=O)C(NC(=O)OCc2ccccc2)C2CCCC2)cc1. The van der Waals surface area contributed by atoms with Crippen LogP contribution in [0.4, 0.5) is 4.79 Å². The Bertz CT molecular complexity index is 857. The van der Waals surface area contributed by atoms with Crippen molar-refractivity contribution in [2.45, 2.75) is 49.5 Å². The van der Waals surface area contributed by atoms with Crippen molar-refractivity contribution >= 4 is 15.9 Å². The summed E-state index contributed by atoms with van der Waals surface area (Å²) in [7, 11) is -3.69. The number of hydrogen-bond acceptors (Lipinski definition) is 4. The monoisotopic (exact) mass is 387 g/mol. The summed E-state index contributed by atoms with van der Waals surface area (Å²) in [5, 5.41) is 1.67. The molecule has 3 rings (SSSR count). The summed E-state index contributed by atoms with van der Waals surface area (Å²) in [5.74, 6) is -0.0967. The molecule has 0 aliphatic heterocycles. The molecule has 0 saturated heterocycles. The molecule has 0 heterocycles. The molecule has 0 aromatic heterocycles. The second-order valence-corrected chi connectivity index (χ2v) is 9.10. The molecule has 1 aliphatic carbocycles. The number of benzene rings is 2. The van der Waals surface area contributed by atoms with Crippen molar-refractivity contribution in [3.8, 4) is 0 Å². The third kappa shape index (κ3) is 4.89. The van der Waals surface area contributed by atoms with Crippen molar-refractivity contribution in [1.82, 2.24) is 5.32 Å². The maximum atomic E-state index is 13.2. The predicted octanol–water partition coefficient (Wildman–Crippen LogP) is 4.21. The molecule has 0 spiro atoms. The highest BCUT2D eigenvalue weighted by molar-refractivity contribution is 7.92. The number of aryl methyl sites for hydroxylation is 1. The van der Waals surface area contributed by atoms with Crippen molar-refractivity contribution in [2.24, 2.45) is 5.92 Å². The number of sulfone groups is 1. The van der Waals surface area contributed by atoms with Crippen LogP contribution >= 0.6 is 0 Å². The van der Waals surface area contributed by atoms with Gasteiger partial charge < -0.3 is 10.1 Å². The van der Waals surface area contributed by atoms with Gasteiger partial charge in [0.25, 0.3) is 0 Å². The zero-order chi connectivity index (χ0) is 19.3. The Morgan fingerprint density at radius 1 is 1.07 bits per heavy atom. The van der Waals surface area contributed by atoms with Gasteiger partial charge in [-0.25, -0.2) is 13.2 Å². The Kier molecular flexibility index (Phi) is 6.16. The van der Waals surface area contributed by atoms with E-state index < -0.39 is 21.3 Å². The van der Waals surface area contributed by atoms with E-state index in [4.69, 9.17) is 4.74 Å². The summed E-state index contributed by atoms with van der Waals surface area (Å²) in [6.45, 7) is 2.01. The highest BCUT2D eigenvalue weighted by atomic mass is 32.2. The van der Waals surface area contributed by atoms with Gasteiger partial charge in [0.1, 0.15) is 12.0 Å². The molecule has 0 bridgehead atoms. The minimum Gasteiger partial charge on any atom is -0.445 e. The van der Waals surface area contributed by atoms with Crippen molar-refractivity contribution in [2.75, 3.05) is 0 Å². The zero-order valence-corrected chi connectivity index (χ0v) is 16.2. The first-order valence-electron chi connectivity index (χ1n) is 9.24. The number of rotatable bonds is 6. The number of carbonyl (C=O) groups is 1. The molecule has 1 atom stereocenters. The lowest BCUT2D eigenvalue weighted by atomic mass is 10.1. The molecule has 6 heteroatoms. The van der Waals surface area contributed by atoms with E-state index in [1.807, 2.05) is 37.3 Å². The third-order valence-electron chi connectivity index (χ3n) is 4.98. The highest BCUT2D eigenvalue weighted by Crippen LogP contribution is 2.32. The quantitative estimate of drug-likeness (QED) is 0.806. The largest absolute Gasteiger partial charge is 0.445 e.